The molecule has 1 aliphatic rings. The first-order chi connectivity index (χ1) is 13.2. The van der Waals surface area contributed by atoms with Crippen LogP contribution in [0.5, 0.6) is 0 Å². The van der Waals surface area contributed by atoms with Gasteiger partial charge in [-0.1, -0.05) is 0 Å². The van der Waals surface area contributed by atoms with Crippen LogP contribution in [0, 0.1) is 25.2 Å². The van der Waals surface area contributed by atoms with E-state index in [1.807, 2.05) is 44.3 Å². The molecule has 0 saturated carbocycles. The van der Waals surface area contributed by atoms with Gasteiger partial charge in [-0.2, -0.15) is 10.4 Å². The van der Waals surface area contributed by atoms with Gasteiger partial charge in [0.15, 0.2) is 11.6 Å². The van der Waals surface area contributed by atoms with Crippen LogP contribution in [0.15, 0.2) is 36.7 Å². The van der Waals surface area contributed by atoms with Gasteiger partial charge in [-0.05, 0) is 43.7 Å². The predicted molar refractivity (Wildman–Crippen MR) is 102 cm³/mol. The topological polar surface area (TPSA) is 86.8 Å². The van der Waals surface area contributed by atoms with Crippen molar-refractivity contribution in [1.82, 2.24) is 25.0 Å². The highest BCUT2D eigenvalue weighted by Crippen LogP contribution is 2.24. The van der Waals surface area contributed by atoms with Crippen molar-refractivity contribution in [3.63, 3.8) is 0 Å². The van der Waals surface area contributed by atoms with Gasteiger partial charge in [-0.15, -0.1) is 10.2 Å². The Morgan fingerprint density at radius 2 is 1.70 bits per heavy atom. The van der Waals surface area contributed by atoms with Gasteiger partial charge in [-0.3, -0.25) is 0 Å². The molecule has 8 nitrogen and oxygen atoms in total. The second-order valence-electron chi connectivity index (χ2n) is 6.57. The van der Waals surface area contributed by atoms with Crippen molar-refractivity contribution in [1.29, 1.82) is 5.26 Å². The van der Waals surface area contributed by atoms with Crippen molar-refractivity contribution in [2.45, 2.75) is 13.8 Å². The Kier molecular flexibility index (Phi) is 4.42. The molecule has 3 aromatic rings. The molecule has 1 fully saturated rings. The predicted octanol–water partition coefficient (Wildman–Crippen LogP) is 1.87. The summed E-state index contributed by atoms with van der Waals surface area (Å²) in [5.74, 6) is 2.33. The van der Waals surface area contributed by atoms with Crippen molar-refractivity contribution in [2.75, 3.05) is 36.0 Å². The summed E-state index contributed by atoms with van der Waals surface area (Å²) < 4.78 is 1.68. The molecule has 0 aromatic carbocycles. The van der Waals surface area contributed by atoms with Crippen LogP contribution >= 0.6 is 0 Å². The Balaban J connectivity index is 1.47. The van der Waals surface area contributed by atoms with Gasteiger partial charge >= 0.3 is 0 Å². The summed E-state index contributed by atoms with van der Waals surface area (Å²) in [6, 6.07) is 9.99. The van der Waals surface area contributed by atoms with Gasteiger partial charge in [0, 0.05) is 44.3 Å². The van der Waals surface area contributed by atoms with E-state index in [4.69, 9.17) is 0 Å². The lowest BCUT2D eigenvalue weighted by atomic mass is 10.1. The number of nitrogens with zero attached hydrogens (tertiary/aromatic N) is 8. The molecule has 0 atom stereocenters. The molecule has 0 spiro atoms. The smallest absolute Gasteiger partial charge is 0.175 e. The normalized spacial score (nSPS) is 14.3. The molecule has 4 rings (SSSR count). The molecule has 0 amide bonds. The van der Waals surface area contributed by atoms with Gasteiger partial charge in [0.25, 0.3) is 0 Å². The fraction of sp³-hybridized carbons (Fsp3) is 0.316. The fourth-order valence-electron chi connectivity index (χ4n) is 3.34. The van der Waals surface area contributed by atoms with Crippen LogP contribution in [0.4, 0.5) is 11.6 Å². The van der Waals surface area contributed by atoms with Crippen molar-refractivity contribution in [2.24, 2.45) is 0 Å². The summed E-state index contributed by atoms with van der Waals surface area (Å²) in [4.78, 5) is 8.99. The fourth-order valence-corrected chi connectivity index (χ4v) is 3.34. The standard InChI is InChI=1S/C19H20N8/c1-14-12-15(2)22-19(16(14)13-20)26-10-8-25(9-11-26)17-4-5-18(24-23-17)27-7-3-6-21-27/h3-7,12H,8-11H2,1-2H3. The zero-order valence-electron chi connectivity index (χ0n) is 15.4. The van der Waals surface area contributed by atoms with E-state index >= 15 is 0 Å². The van der Waals surface area contributed by atoms with E-state index in [2.05, 4.69) is 36.1 Å². The highest BCUT2D eigenvalue weighted by Gasteiger charge is 2.22. The zero-order valence-corrected chi connectivity index (χ0v) is 15.4. The van der Waals surface area contributed by atoms with Gasteiger partial charge in [0.05, 0.1) is 5.56 Å². The summed E-state index contributed by atoms with van der Waals surface area (Å²) in [5, 5.41) is 22.3. The van der Waals surface area contributed by atoms with E-state index < -0.39 is 0 Å². The molecule has 27 heavy (non-hydrogen) atoms. The first-order valence-corrected chi connectivity index (χ1v) is 8.87. The zero-order chi connectivity index (χ0) is 18.8. The molecule has 0 aliphatic carbocycles. The van der Waals surface area contributed by atoms with E-state index in [1.165, 1.54) is 0 Å². The van der Waals surface area contributed by atoms with Gasteiger partial charge in [0.1, 0.15) is 11.9 Å². The number of nitriles is 1. The van der Waals surface area contributed by atoms with Crippen LogP contribution < -0.4 is 9.80 Å². The highest BCUT2D eigenvalue weighted by molar-refractivity contribution is 5.59. The van der Waals surface area contributed by atoms with Crippen LogP contribution in [0.25, 0.3) is 5.82 Å². The SMILES string of the molecule is Cc1cc(C)c(C#N)c(N2CCN(c3ccc(-n4cccn4)nn3)CC2)n1. The number of anilines is 2. The molecular formula is C19H20N8. The summed E-state index contributed by atoms with van der Waals surface area (Å²) >= 11 is 0. The third kappa shape index (κ3) is 3.31. The van der Waals surface area contributed by atoms with Crippen molar-refractivity contribution in [3.8, 4) is 11.9 Å². The largest absolute Gasteiger partial charge is 0.352 e. The molecule has 0 bridgehead atoms. The average molecular weight is 360 g/mol. The van der Waals surface area contributed by atoms with E-state index in [1.54, 1.807) is 10.9 Å². The van der Waals surface area contributed by atoms with E-state index in [0.29, 0.717) is 11.4 Å². The van der Waals surface area contributed by atoms with Crippen LogP contribution in [-0.2, 0) is 0 Å². The second kappa shape index (κ2) is 7.03. The van der Waals surface area contributed by atoms with Crippen LogP contribution in [0.1, 0.15) is 16.8 Å². The Morgan fingerprint density at radius 3 is 2.33 bits per heavy atom. The Morgan fingerprint density at radius 1 is 1.00 bits per heavy atom. The third-order valence-electron chi connectivity index (χ3n) is 4.72. The number of aryl methyl sites for hydroxylation is 2. The molecule has 1 aliphatic heterocycles. The van der Waals surface area contributed by atoms with Crippen molar-refractivity contribution < 1.29 is 0 Å². The summed E-state index contributed by atoms with van der Waals surface area (Å²) in [5.41, 5.74) is 2.57. The van der Waals surface area contributed by atoms with E-state index in [0.717, 1.165) is 49.1 Å². The second-order valence-corrected chi connectivity index (χ2v) is 6.57. The number of hydrogen-bond donors (Lipinski definition) is 0. The number of aromatic nitrogens is 5. The van der Waals surface area contributed by atoms with Gasteiger partial charge < -0.3 is 9.80 Å². The molecular weight excluding hydrogens is 340 g/mol. The number of pyridine rings is 1. The minimum absolute atomic E-state index is 0.664. The molecule has 4 heterocycles. The maximum atomic E-state index is 9.50. The Labute approximate surface area is 157 Å². The first-order valence-electron chi connectivity index (χ1n) is 8.87. The van der Waals surface area contributed by atoms with Crippen molar-refractivity contribution >= 4 is 11.6 Å². The Bertz CT molecular complexity index is 964. The summed E-state index contributed by atoms with van der Waals surface area (Å²) in [6.45, 7) is 7.10. The molecule has 0 unspecified atom stereocenters. The number of rotatable bonds is 3. The lowest BCUT2D eigenvalue weighted by molar-refractivity contribution is 0.635. The molecule has 3 aromatic heterocycles. The molecule has 1 saturated heterocycles. The number of piperazine rings is 1. The summed E-state index contributed by atoms with van der Waals surface area (Å²) in [7, 11) is 0. The lowest BCUT2D eigenvalue weighted by Crippen LogP contribution is -2.47. The molecule has 0 N–H and O–H groups in total. The maximum absolute atomic E-state index is 9.50. The van der Waals surface area contributed by atoms with Crippen molar-refractivity contribution in [3.05, 3.63) is 53.5 Å². The molecule has 136 valence electrons. The first kappa shape index (κ1) is 17.0. The van der Waals surface area contributed by atoms with E-state index in [9.17, 15) is 5.26 Å². The minimum atomic E-state index is 0.664. The minimum Gasteiger partial charge on any atom is -0.352 e. The Hall–Kier alpha value is -3.47. The van der Waals surface area contributed by atoms with Gasteiger partial charge in [-0.25, -0.2) is 9.67 Å². The highest BCUT2D eigenvalue weighted by atomic mass is 15.4. The van der Waals surface area contributed by atoms with Crippen LogP contribution in [0.2, 0.25) is 0 Å². The third-order valence-corrected chi connectivity index (χ3v) is 4.72. The van der Waals surface area contributed by atoms with E-state index in [-0.39, 0.29) is 0 Å². The van der Waals surface area contributed by atoms with Crippen LogP contribution in [-0.4, -0.2) is 51.1 Å². The quantitative estimate of drug-likeness (QED) is 0.705. The maximum Gasteiger partial charge on any atom is 0.175 e. The lowest BCUT2D eigenvalue weighted by Gasteiger charge is -2.36. The summed E-state index contributed by atoms with van der Waals surface area (Å²) in [6.07, 6.45) is 3.55. The van der Waals surface area contributed by atoms with Crippen LogP contribution in [0.3, 0.4) is 0 Å². The van der Waals surface area contributed by atoms with Gasteiger partial charge in [0.2, 0.25) is 0 Å². The molecule has 0 radical (unpaired) electrons. The number of hydrogen-bond acceptors (Lipinski definition) is 7. The average Bonchev–Trinajstić information content (AvgIpc) is 3.23. The monoisotopic (exact) mass is 360 g/mol. The molecule has 8 heteroatoms.